The van der Waals surface area contributed by atoms with E-state index in [9.17, 15) is 4.79 Å². The fourth-order valence-electron chi connectivity index (χ4n) is 3.12. The van der Waals surface area contributed by atoms with E-state index < -0.39 is 0 Å². The van der Waals surface area contributed by atoms with Crippen molar-refractivity contribution in [2.45, 2.75) is 67.0 Å². The molecule has 0 radical (unpaired) electrons. The fourth-order valence-corrected chi connectivity index (χ4v) is 3.12. The molecule has 0 atom stereocenters. The summed E-state index contributed by atoms with van der Waals surface area (Å²) in [5, 5.41) is 0. The molecular weight excluding hydrogens is 320 g/mol. The van der Waals surface area contributed by atoms with E-state index in [1.807, 2.05) is 4.90 Å². The van der Waals surface area contributed by atoms with Crippen LogP contribution in [0.2, 0.25) is 0 Å². The summed E-state index contributed by atoms with van der Waals surface area (Å²) >= 11 is 0. The average molecular weight is 355 g/mol. The van der Waals surface area contributed by atoms with Gasteiger partial charge in [-0.3, -0.25) is 4.79 Å². The molecule has 0 bridgehead atoms. The third kappa shape index (κ3) is 6.05. The summed E-state index contributed by atoms with van der Waals surface area (Å²) in [5.41, 5.74) is 3.85. The first-order chi connectivity index (χ1) is 12.3. The second kappa shape index (κ2) is 9.07. The molecule has 0 aliphatic rings. The van der Waals surface area contributed by atoms with Crippen LogP contribution in [-0.4, -0.2) is 21.9 Å². The molecule has 1 heterocycles. The van der Waals surface area contributed by atoms with Crippen LogP contribution in [0.25, 0.3) is 0 Å². The van der Waals surface area contributed by atoms with Crippen molar-refractivity contribution in [3.8, 4) is 0 Å². The van der Waals surface area contributed by atoms with Gasteiger partial charge in [0.2, 0.25) is 5.91 Å². The minimum Gasteiger partial charge on any atom is -0.345 e. The van der Waals surface area contributed by atoms with Crippen molar-refractivity contribution in [1.82, 2.24) is 9.47 Å². The van der Waals surface area contributed by atoms with Crippen molar-refractivity contribution in [3.05, 3.63) is 59.4 Å². The van der Waals surface area contributed by atoms with E-state index in [0.717, 1.165) is 25.9 Å². The molecule has 26 heavy (non-hydrogen) atoms. The predicted molar refractivity (Wildman–Crippen MR) is 109 cm³/mol. The van der Waals surface area contributed by atoms with E-state index >= 15 is 0 Å². The van der Waals surface area contributed by atoms with Crippen molar-refractivity contribution in [1.29, 1.82) is 0 Å². The zero-order valence-corrected chi connectivity index (χ0v) is 17.1. The lowest BCUT2D eigenvalue weighted by atomic mass is 9.91. The smallest absolute Gasteiger partial charge is 0.223 e. The topological polar surface area (TPSA) is 25.2 Å². The molecule has 1 aromatic heterocycles. The van der Waals surface area contributed by atoms with Gasteiger partial charge >= 0.3 is 0 Å². The molecule has 2 rings (SSSR count). The zero-order valence-electron chi connectivity index (χ0n) is 17.1. The van der Waals surface area contributed by atoms with Crippen LogP contribution in [0.15, 0.2) is 42.6 Å². The number of rotatable bonds is 8. The monoisotopic (exact) mass is 354 g/mol. The summed E-state index contributed by atoms with van der Waals surface area (Å²) in [6, 6.07) is 12.7. The van der Waals surface area contributed by atoms with Crippen molar-refractivity contribution in [2.75, 3.05) is 6.54 Å². The predicted octanol–water partition coefficient (Wildman–Crippen LogP) is 5.41. The highest BCUT2D eigenvalue weighted by Gasteiger charge is 2.22. The van der Waals surface area contributed by atoms with E-state index in [-0.39, 0.29) is 11.3 Å². The number of aryl methyl sites for hydroxylation is 1. The van der Waals surface area contributed by atoms with Crippen LogP contribution in [0.1, 0.15) is 63.8 Å². The van der Waals surface area contributed by atoms with E-state index in [1.54, 1.807) is 0 Å². The molecule has 0 saturated heterocycles. The number of carbonyl (C=O) groups excluding carboxylic acids is 1. The Hall–Kier alpha value is -2.03. The second-order valence-corrected chi connectivity index (χ2v) is 8.46. The number of hydrogen-bond acceptors (Lipinski definition) is 1. The Bertz CT molecular complexity index is 709. The first-order valence-electron chi connectivity index (χ1n) is 9.76. The van der Waals surface area contributed by atoms with Gasteiger partial charge in [0.25, 0.3) is 0 Å². The number of benzene rings is 1. The van der Waals surface area contributed by atoms with Gasteiger partial charge in [0.15, 0.2) is 0 Å². The second-order valence-electron chi connectivity index (χ2n) is 8.46. The minimum absolute atomic E-state index is 0.0185. The van der Waals surface area contributed by atoms with Gasteiger partial charge in [-0.2, -0.15) is 0 Å². The van der Waals surface area contributed by atoms with Gasteiger partial charge in [0.05, 0.1) is 6.54 Å². The van der Waals surface area contributed by atoms with Gasteiger partial charge in [-0.25, -0.2) is 0 Å². The Morgan fingerprint density at radius 3 is 2.50 bits per heavy atom. The van der Waals surface area contributed by atoms with Gasteiger partial charge in [-0.1, -0.05) is 58.4 Å². The van der Waals surface area contributed by atoms with Gasteiger partial charge in [-0.05, 0) is 42.0 Å². The van der Waals surface area contributed by atoms with Crippen LogP contribution in [-0.2, 0) is 17.9 Å². The average Bonchev–Trinajstić information content (AvgIpc) is 2.99. The molecule has 0 N–H and O–H groups in total. The molecule has 0 aliphatic carbocycles. The normalized spacial score (nSPS) is 11.6. The summed E-state index contributed by atoms with van der Waals surface area (Å²) in [6.45, 7) is 13.1. The molecule has 142 valence electrons. The molecule has 1 amide bonds. The van der Waals surface area contributed by atoms with Gasteiger partial charge in [-0.15, -0.1) is 0 Å². The van der Waals surface area contributed by atoms with Crippen LogP contribution in [0.4, 0.5) is 0 Å². The Morgan fingerprint density at radius 2 is 1.85 bits per heavy atom. The Balaban J connectivity index is 2.14. The van der Waals surface area contributed by atoms with E-state index in [4.69, 9.17) is 0 Å². The molecule has 0 saturated carbocycles. The van der Waals surface area contributed by atoms with Crippen LogP contribution in [0.3, 0.4) is 0 Å². The molecule has 3 heteroatoms. The minimum atomic E-state index is 0.0185. The molecule has 0 unspecified atom stereocenters. The number of unbranched alkanes of at least 4 members (excludes halogenated alkanes) is 1. The zero-order chi connectivity index (χ0) is 19.2. The largest absolute Gasteiger partial charge is 0.345 e. The highest BCUT2D eigenvalue weighted by Crippen LogP contribution is 2.21. The third-order valence-corrected chi connectivity index (χ3v) is 4.69. The summed E-state index contributed by atoms with van der Waals surface area (Å²) in [4.78, 5) is 14.9. The lowest BCUT2D eigenvalue weighted by Crippen LogP contribution is -2.34. The van der Waals surface area contributed by atoms with Crippen molar-refractivity contribution >= 4 is 5.91 Å². The highest BCUT2D eigenvalue weighted by atomic mass is 16.2. The quantitative estimate of drug-likeness (QED) is 0.622. The highest BCUT2D eigenvalue weighted by molar-refractivity contribution is 5.76. The molecule has 1 aromatic carbocycles. The molecule has 0 aliphatic heterocycles. The van der Waals surface area contributed by atoms with E-state index in [2.05, 4.69) is 81.8 Å². The SMILES string of the molecule is CCCCN(Cc1cccn1Cc1ccccc1C)C(=O)CC(C)(C)C. The van der Waals surface area contributed by atoms with Gasteiger partial charge in [0, 0.05) is 31.4 Å². The first-order valence-corrected chi connectivity index (χ1v) is 9.76. The summed E-state index contributed by atoms with van der Waals surface area (Å²) in [5.74, 6) is 0.259. The molecule has 0 fully saturated rings. The summed E-state index contributed by atoms with van der Waals surface area (Å²) < 4.78 is 2.27. The van der Waals surface area contributed by atoms with Crippen molar-refractivity contribution < 1.29 is 4.79 Å². The van der Waals surface area contributed by atoms with E-state index in [1.165, 1.54) is 16.8 Å². The lowest BCUT2D eigenvalue weighted by Gasteiger charge is -2.27. The Labute approximate surface area is 159 Å². The maximum absolute atomic E-state index is 12.8. The molecular formula is C23H34N2O. The fraction of sp³-hybridized carbons (Fsp3) is 0.522. The number of nitrogens with zero attached hydrogens (tertiary/aromatic N) is 2. The summed E-state index contributed by atoms with van der Waals surface area (Å²) in [6.07, 6.45) is 4.86. The van der Waals surface area contributed by atoms with Crippen LogP contribution < -0.4 is 0 Å². The Morgan fingerprint density at radius 1 is 1.12 bits per heavy atom. The standard InChI is InChI=1S/C23H34N2O/c1-6-7-14-25(22(26)16-23(3,4)5)18-21-13-10-15-24(21)17-20-12-9-8-11-19(20)2/h8-13,15H,6-7,14,16-18H2,1-5H3. The third-order valence-electron chi connectivity index (χ3n) is 4.69. The number of hydrogen-bond donors (Lipinski definition) is 0. The number of carbonyl (C=O) groups is 1. The van der Waals surface area contributed by atoms with Gasteiger partial charge in [0.1, 0.15) is 0 Å². The maximum Gasteiger partial charge on any atom is 0.223 e. The van der Waals surface area contributed by atoms with Crippen LogP contribution in [0.5, 0.6) is 0 Å². The lowest BCUT2D eigenvalue weighted by molar-refractivity contribution is -0.133. The van der Waals surface area contributed by atoms with Crippen LogP contribution in [0, 0.1) is 12.3 Å². The Kier molecular flexibility index (Phi) is 7.07. The van der Waals surface area contributed by atoms with Gasteiger partial charge < -0.3 is 9.47 Å². The summed E-state index contributed by atoms with van der Waals surface area (Å²) in [7, 11) is 0. The van der Waals surface area contributed by atoms with Crippen LogP contribution >= 0.6 is 0 Å². The van der Waals surface area contributed by atoms with Crippen molar-refractivity contribution in [3.63, 3.8) is 0 Å². The molecule has 0 spiro atoms. The first kappa shape index (κ1) is 20.3. The molecule has 3 nitrogen and oxygen atoms in total. The number of amides is 1. The van der Waals surface area contributed by atoms with E-state index in [0.29, 0.717) is 13.0 Å². The maximum atomic E-state index is 12.8. The van der Waals surface area contributed by atoms with Crippen molar-refractivity contribution in [2.24, 2.45) is 5.41 Å². The number of aromatic nitrogens is 1. The molecule has 2 aromatic rings.